The Balaban J connectivity index is 1.62. The molecule has 2 amide bonds. The molecule has 2 aromatic rings. The third kappa shape index (κ3) is 3.71. The molecule has 1 aliphatic heterocycles. The maximum atomic E-state index is 12.4. The second kappa shape index (κ2) is 7.24. The predicted molar refractivity (Wildman–Crippen MR) is 95.2 cm³/mol. The first-order chi connectivity index (χ1) is 11.5. The van der Waals surface area contributed by atoms with E-state index >= 15 is 0 Å². The number of carbonyl (C=O) groups excluding carboxylic acids is 2. The second-order valence-electron chi connectivity index (χ2n) is 5.69. The fourth-order valence-electron chi connectivity index (χ4n) is 2.72. The van der Waals surface area contributed by atoms with Crippen molar-refractivity contribution in [2.75, 3.05) is 11.4 Å². The van der Waals surface area contributed by atoms with Gasteiger partial charge in [-0.2, -0.15) is 0 Å². The van der Waals surface area contributed by atoms with Crippen LogP contribution in [0.25, 0.3) is 0 Å². The number of benzene rings is 2. The average Bonchev–Trinajstić information content (AvgIpc) is 2.96. The lowest BCUT2D eigenvalue weighted by molar-refractivity contribution is -0.126. The SMILES string of the molecule is O=C(NCc1ccccc1Cl)[C@H]1CC(=O)N(c2ccc(Cl)cc2)C1. The van der Waals surface area contributed by atoms with Gasteiger partial charge in [0, 0.05) is 35.2 Å². The van der Waals surface area contributed by atoms with E-state index in [2.05, 4.69) is 5.32 Å². The highest BCUT2D eigenvalue weighted by Gasteiger charge is 2.34. The minimum absolute atomic E-state index is 0.0600. The molecule has 1 fully saturated rings. The highest BCUT2D eigenvalue weighted by Crippen LogP contribution is 2.26. The zero-order chi connectivity index (χ0) is 17.1. The topological polar surface area (TPSA) is 49.4 Å². The smallest absolute Gasteiger partial charge is 0.227 e. The monoisotopic (exact) mass is 362 g/mol. The maximum absolute atomic E-state index is 12.4. The highest BCUT2D eigenvalue weighted by atomic mass is 35.5. The largest absolute Gasteiger partial charge is 0.352 e. The number of hydrogen-bond donors (Lipinski definition) is 1. The Kier molecular flexibility index (Phi) is 5.07. The summed E-state index contributed by atoms with van der Waals surface area (Å²) in [4.78, 5) is 26.2. The van der Waals surface area contributed by atoms with E-state index in [1.807, 2.05) is 18.2 Å². The molecule has 2 aromatic carbocycles. The van der Waals surface area contributed by atoms with Crippen LogP contribution in [0.15, 0.2) is 48.5 Å². The quantitative estimate of drug-likeness (QED) is 0.901. The standard InChI is InChI=1S/C18H16Cl2N2O2/c19-14-5-7-15(8-6-14)22-11-13(9-17(22)23)18(24)21-10-12-3-1-2-4-16(12)20/h1-8,13H,9-11H2,(H,21,24)/t13-/m0/s1. The molecule has 0 aromatic heterocycles. The van der Waals surface area contributed by atoms with Gasteiger partial charge in [-0.15, -0.1) is 0 Å². The highest BCUT2D eigenvalue weighted by molar-refractivity contribution is 6.31. The maximum Gasteiger partial charge on any atom is 0.227 e. The van der Waals surface area contributed by atoms with Crippen LogP contribution in [0.1, 0.15) is 12.0 Å². The minimum Gasteiger partial charge on any atom is -0.352 e. The summed E-state index contributed by atoms with van der Waals surface area (Å²) in [6, 6.07) is 14.4. The molecule has 3 rings (SSSR count). The summed E-state index contributed by atoms with van der Waals surface area (Å²) < 4.78 is 0. The second-order valence-corrected chi connectivity index (χ2v) is 6.53. The zero-order valence-corrected chi connectivity index (χ0v) is 14.3. The molecule has 124 valence electrons. The first kappa shape index (κ1) is 16.8. The van der Waals surface area contributed by atoms with Crippen molar-refractivity contribution in [1.29, 1.82) is 0 Å². The number of nitrogens with zero attached hydrogens (tertiary/aromatic N) is 1. The Morgan fingerprint density at radius 1 is 1.12 bits per heavy atom. The van der Waals surface area contributed by atoms with Gasteiger partial charge in [-0.3, -0.25) is 9.59 Å². The summed E-state index contributed by atoms with van der Waals surface area (Å²) in [7, 11) is 0. The molecule has 1 saturated heterocycles. The fraction of sp³-hybridized carbons (Fsp3) is 0.222. The summed E-state index contributed by atoms with van der Waals surface area (Å²) in [5.41, 5.74) is 1.61. The van der Waals surface area contributed by atoms with Crippen molar-refractivity contribution in [3.63, 3.8) is 0 Å². The number of rotatable bonds is 4. The van der Waals surface area contributed by atoms with Gasteiger partial charge >= 0.3 is 0 Å². The van der Waals surface area contributed by atoms with Gasteiger partial charge in [0.15, 0.2) is 0 Å². The molecule has 1 N–H and O–H groups in total. The molecular formula is C18H16Cl2N2O2. The number of anilines is 1. The van der Waals surface area contributed by atoms with Gasteiger partial charge in [-0.1, -0.05) is 41.4 Å². The molecule has 1 heterocycles. The van der Waals surface area contributed by atoms with Crippen LogP contribution in [0, 0.1) is 5.92 Å². The van der Waals surface area contributed by atoms with E-state index < -0.39 is 0 Å². The molecule has 0 unspecified atom stereocenters. The molecule has 0 radical (unpaired) electrons. The summed E-state index contributed by atoms with van der Waals surface area (Å²) in [5.74, 6) is -0.564. The molecule has 24 heavy (non-hydrogen) atoms. The van der Waals surface area contributed by atoms with Crippen LogP contribution in [0.4, 0.5) is 5.69 Å². The van der Waals surface area contributed by atoms with Crippen molar-refractivity contribution >= 4 is 40.7 Å². The van der Waals surface area contributed by atoms with Crippen LogP contribution in [0.3, 0.4) is 0 Å². The van der Waals surface area contributed by atoms with Crippen LogP contribution in [0.5, 0.6) is 0 Å². The number of carbonyl (C=O) groups is 2. The average molecular weight is 363 g/mol. The van der Waals surface area contributed by atoms with Gasteiger partial charge in [0.25, 0.3) is 0 Å². The molecule has 6 heteroatoms. The summed E-state index contributed by atoms with van der Waals surface area (Å²) in [5, 5.41) is 4.08. The van der Waals surface area contributed by atoms with E-state index in [0.717, 1.165) is 11.3 Å². The molecular weight excluding hydrogens is 347 g/mol. The van der Waals surface area contributed by atoms with Crippen molar-refractivity contribution in [1.82, 2.24) is 5.32 Å². The van der Waals surface area contributed by atoms with E-state index in [-0.39, 0.29) is 24.2 Å². The van der Waals surface area contributed by atoms with Gasteiger partial charge in [0.2, 0.25) is 11.8 Å². The van der Waals surface area contributed by atoms with Gasteiger partial charge in [-0.05, 0) is 35.9 Å². The van der Waals surface area contributed by atoms with Crippen LogP contribution >= 0.6 is 23.2 Å². The van der Waals surface area contributed by atoms with E-state index in [4.69, 9.17) is 23.2 Å². The lowest BCUT2D eigenvalue weighted by Gasteiger charge is -2.17. The van der Waals surface area contributed by atoms with Crippen LogP contribution in [-0.2, 0) is 16.1 Å². The van der Waals surface area contributed by atoms with Gasteiger partial charge < -0.3 is 10.2 Å². The molecule has 1 atom stereocenters. The van der Waals surface area contributed by atoms with E-state index in [9.17, 15) is 9.59 Å². The number of amides is 2. The number of halogens is 2. The van der Waals surface area contributed by atoms with Crippen molar-refractivity contribution in [2.45, 2.75) is 13.0 Å². The van der Waals surface area contributed by atoms with E-state index in [1.165, 1.54) is 0 Å². The summed E-state index contributed by atoms with van der Waals surface area (Å²) >= 11 is 11.9. The first-order valence-corrected chi connectivity index (χ1v) is 8.37. The molecule has 0 bridgehead atoms. The Hall–Kier alpha value is -2.04. The Bertz CT molecular complexity index is 762. The lowest BCUT2D eigenvalue weighted by atomic mass is 10.1. The van der Waals surface area contributed by atoms with Crippen LogP contribution < -0.4 is 10.2 Å². The number of hydrogen-bond acceptors (Lipinski definition) is 2. The molecule has 0 saturated carbocycles. The molecule has 0 spiro atoms. The number of nitrogens with one attached hydrogen (secondary N) is 1. The first-order valence-electron chi connectivity index (χ1n) is 7.61. The van der Waals surface area contributed by atoms with Crippen molar-refractivity contribution in [3.05, 3.63) is 64.1 Å². The third-order valence-electron chi connectivity index (χ3n) is 4.05. The zero-order valence-electron chi connectivity index (χ0n) is 12.8. The lowest BCUT2D eigenvalue weighted by Crippen LogP contribution is -2.32. The van der Waals surface area contributed by atoms with Crippen LogP contribution in [0.2, 0.25) is 10.0 Å². The fourth-order valence-corrected chi connectivity index (χ4v) is 3.05. The van der Waals surface area contributed by atoms with E-state index in [1.54, 1.807) is 35.2 Å². The van der Waals surface area contributed by atoms with Gasteiger partial charge in [-0.25, -0.2) is 0 Å². The van der Waals surface area contributed by atoms with Gasteiger partial charge in [0.05, 0.1) is 5.92 Å². The summed E-state index contributed by atoms with van der Waals surface area (Å²) in [6.45, 7) is 0.721. The molecule has 4 nitrogen and oxygen atoms in total. The molecule has 1 aliphatic rings. The van der Waals surface area contributed by atoms with Crippen molar-refractivity contribution in [2.24, 2.45) is 5.92 Å². The Morgan fingerprint density at radius 2 is 1.83 bits per heavy atom. The van der Waals surface area contributed by atoms with Crippen molar-refractivity contribution < 1.29 is 9.59 Å². The van der Waals surface area contributed by atoms with Crippen LogP contribution in [-0.4, -0.2) is 18.4 Å². The third-order valence-corrected chi connectivity index (χ3v) is 4.67. The minimum atomic E-state index is -0.365. The van der Waals surface area contributed by atoms with Crippen molar-refractivity contribution in [3.8, 4) is 0 Å². The summed E-state index contributed by atoms with van der Waals surface area (Å²) in [6.07, 6.45) is 0.205. The van der Waals surface area contributed by atoms with Gasteiger partial charge in [0.1, 0.15) is 0 Å². The Labute approximate surface area is 150 Å². The van der Waals surface area contributed by atoms with E-state index in [0.29, 0.717) is 23.1 Å². The normalized spacial score (nSPS) is 17.2. The molecule has 0 aliphatic carbocycles. The Morgan fingerprint density at radius 3 is 2.54 bits per heavy atom. The predicted octanol–water partition coefficient (Wildman–Crippen LogP) is 3.66.